The molecule has 1 amide bonds. The molecule has 0 spiro atoms. The predicted octanol–water partition coefficient (Wildman–Crippen LogP) is 3.31. The van der Waals surface area contributed by atoms with Gasteiger partial charge in [-0.2, -0.15) is 0 Å². The number of primary amides is 1. The molecule has 1 aliphatic heterocycles. The Morgan fingerprint density at radius 1 is 1.07 bits per heavy atom. The van der Waals surface area contributed by atoms with Gasteiger partial charge in [0.15, 0.2) is 5.78 Å². The first-order valence-corrected chi connectivity index (χ1v) is 8.88. The highest BCUT2D eigenvalue weighted by atomic mass is 16.5. The number of rotatable bonds is 5. The van der Waals surface area contributed by atoms with Crippen LogP contribution in [0.2, 0.25) is 0 Å². The number of hydrogen-bond acceptors (Lipinski definition) is 5. The monoisotopic (exact) mass is 374 g/mol. The fourth-order valence-corrected chi connectivity index (χ4v) is 3.17. The first-order chi connectivity index (χ1) is 13.6. The number of carbonyl (C=O) groups is 2. The third-order valence-corrected chi connectivity index (χ3v) is 4.58. The van der Waals surface area contributed by atoms with Crippen molar-refractivity contribution in [1.82, 2.24) is 4.98 Å². The molecule has 0 unspecified atom stereocenters. The summed E-state index contributed by atoms with van der Waals surface area (Å²) in [5, 5.41) is 0. The second-order valence-electron chi connectivity index (χ2n) is 6.45. The maximum absolute atomic E-state index is 12.0. The normalized spacial score (nSPS) is 13.9. The number of aromatic nitrogens is 1. The van der Waals surface area contributed by atoms with Gasteiger partial charge in [0.05, 0.1) is 12.2 Å². The summed E-state index contributed by atoms with van der Waals surface area (Å²) >= 11 is 0. The summed E-state index contributed by atoms with van der Waals surface area (Å²) < 4.78 is 11.9. The van der Waals surface area contributed by atoms with E-state index in [0.717, 1.165) is 11.1 Å². The van der Waals surface area contributed by atoms with E-state index in [0.29, 0.717) is 35.7 Å². The van der Waals surface area contributed by atoms with Crippen molar-refractivity contribution in [1.29, 1.82) is 0 Å². The van der Waals surface area contributed by atoms with Crippen LogP contribution in [0, 0.1) is 0 Å². The number of carbonyl (C=O) groups excluding carboxylic acids is 2. The van der Waals surface area contributed by atoms with Gasteiger partial charge < -0.3 is 15.2 Å². The van der Waals surface area contributed by atoms with Crippen LogP contribution in [-0.2, 0) is 0 Å². The van der Waals surface area contributed by atoms with E-state index < -0.39 is 12.0 Å². The van der Waals surface area contributed by atoms with E-state index in [1.807, 2.05) is 18.2 Å². The van der Waals surface area contributed by atoms with Gasteiger partial charge in [-0.05, 0) is 47.5 Å². The Kier molecular flexibility index (Phi) is 4.76. The number of ether oxygens (including phenoxy) is 2. The molecule has 2 aromatic carbocycles. The molecule has 1 atom stereocenters. The van der Waals surface area contributed by atoms with Gasteiger partial charge in [-0.25, -0.2) is 0 Å². The Morgan fingerprint density at radius 2 is 1.89 bits per heavy atom. The van der Waals surface area contributed by atoms with Crippen molar-refractivity contribution in [3.8, 4) is 11.5 Å². The molecule has 0 saturated carbocycles. The average molecular weight is 374 g/mol. The molecule has 140 valence electrons. The lowest BCUT2D eigenvalue weighted by molar-refractivity contribution is 0.0932. The van der Waals surface area contributed by atoms with E-state index in [9.17, 15) is 9.59 Å². The Labute approximate surface area is 161 Å². The second kappa shape index (κ2) is 7.52. The lowest BCUT2D eigenvalue weighted by Gasteiger charge is -2.22. The third-order valence-electron chi connectivity index (χ3n) is 4.58. The molecule has 0 radical (unpaired) electrons. The number of pyridine rings is 1. The first kappa shape index (κ1) is 17.7. The Hall–Kier alpha value is -3.67. The van der Waals surface area contributed by atoms with Crippen LogP contribution >= 0.6 is 0 Å². The summed E-state index contributed by atoms with van der Waals surface area (Å²) in [6, 6.07) is 15.9. The molecule has 0 bridgehead atoms. The van der Waals surface area contributed by atoms with Crippen LogP contribution in [0.25, 0.3) is 0 Å². The summed E-state index contributed by atoms with van der Waals surface area (Å²) in [6.07, 6.45) is 3.25. The van der Waals surface area contributed by atoms with Gasteiger partial charge in [0, 0.05) is 30.4 Å². The molecule has 6 nitrogen and oxygen atoms in total. The van der Waals surface area contributed by atoms with E-state index >= 15 is 0 Å². The lowest BCUT2D eigenvalue weighted by Crippen LogP contribution is -2.16. The number of nitrogens with zero attached hydrogens (tertiary/aromatic N) is 1. The molecule has 0 saturated heterocycles. The maximum Gasteiger partial charge on any atom is 0.248 e. The molecule has 2 N–H and O–H groups in total. The van der Waals surface area contributed by atoms with Gasteiger partial charge in [0.1, 0.15) is 17.6 Å². The van der Waals surface area contributed by atoms with Crippen LogP contribution in [0.5, 0.6) is 11.5 Å². The lowest BCUT2D eigenvalue weighted by atomic mass is 10.00. The molecule has 1 aromatic heterocycles. The standard InChI is InChI=1S/C22H18N2O4/c23-22(26)16-3-1-2-15(12-16)21(14-6-9-24-10-7-14)28-17-4-5-18-19(25)8-11-27-20(18)13-17/h1-7,9-10,12-13,21H,8,11H2,(H2,23,26)/t21-/m0/s1. The molecular formula is C22H18N2O4. The number of benzene rings is 2. The summed E-state index contributed by atoms with van der Waals surface area (Å²) in [5.74, 6) is 0.636. The van der Waals surface area contributed by atoms with Crippen molar-refractivity contribution in [2.45, 2.75) is 12.5 Å². The minimum Gasteiger partial charge on any atom is -0.492 e. The van der Waals surface area contributed by atoms with Crippen molar-refractivity contribution >= 4 is 11.7 Å². The van der Waals surface area contributed by atoms with E-state index in [1.54, 1.807) is 48.8 Å². The largest absolute Gasteiger partial charge is 0.492 e. The van der Waals surface area contributed by atoms with Crippen molar-refractivity contribution in [2.75, 3.05) is 6.61 Å². The fraction of sp³-hybridized carbons (Fsp3) is 0.136. The molecule has 4 rings (SSSR count). The summed E-state index contributed by atoms with van der Waals surface area (Å²) in [7, 11) is 0. The molecule has 3 aromatic rings. The third kappa shape index (κ3) is 3.57. The Bertz CT molecular complexity index is 1030. The molecule has 28 heavy (non-hydrogen) atoms. The van der Waals surface area contributed by atoms with Crippen molar-refractivity contribution < 1.29 is 19.1 Å². The number of amides is 1. The smallest absolute Gasteiger partial charge is 0.248 e. The summed E-state index contributed by atoms with van der Waals surface area (Å²) in [5.41, 5.74) is 8.03. The molecule has 0 aliphatic carbocycles. The fourth-order valence-electron chi connectivity index (χ4n) is 3.17. The van der Waals surface area contributed by atoms with E-state index in [4.69, 9.17) is 15.2 Å². The van der Waals surface area contributed by atoms with Gasteiger partial charge in [-0.15, -0.1) is 0 Å². The van der Waals surface area contributed by atoms with E-state index in [-0.39, 0.29) is 5.78 Å². The molecule has 6 heteroatoms. The Morgan fingerprint density at radius 3 is 2.68 bits per heavy atom. The number of ketones is 1. The van der Waals surface area contributed by atoms with Crippen LogP contribution in [0.15, 0.2) is 67.0 Å². The zero-order valence-electron chi connectivity index (χ0n) is 15.0. The predicted molar refractivity (Wildman–Crippen MR) is 103 cm³/mol. The number of hydrogen-bond donors (Lipinski definition) is 1. The van der Waals surface area contributed by atoms with Crippen molar-refractivity contribution in [2.24, 2.45) is 5.73 Å². The highest BCUT2D eigenvalue weighted by Crippen LogP contribution is 2.33. The number of fused-ring (bicyclic) bond motifs is 1. The molecule has 1 aliphatic rings. The highest BCUT2D eigenvalue weighted by Gasteiger charge is 2.21. The van der Waals surface area contributed by atoms with Gasteiger partial charge in [0.25, 0.3) is 0 Å². The van der Waals surface area contributed by atoms with Crippen LogP contribution in [0.1, 0.15) is 44.4 Å². The second-order valence-corrected chi connectivity index (χ2v) is 6.45. The quantitative estimate of drug-likeness (QED) is 0.740. The minimum atomic E-state index is -0.504. The van der Waals surface area contributed by atoms with Crippen LogP contribution in [0.4, 0.5) is 0 Å². The number of Topliss-reactive ketones (excluding diaryl/α,β-unsaturated/α-hetero) is 1. The highest BCUT2D eigenvalue weighted by molar-refractivity contribution is 5.99. The van der Waals surface area contributed by atoms with E-state index in [2.05, 4.69) is 4.98 Å². The summed E-state index contributed by atoms with van der Waals surface area (Å²) in [4.78, 5) is 27.6. The zero-order chi connectivity index (χ0) is 19.5. The molecular weight excluding hydrogens is 356 g/mol. The van der Waals surface area contributed by atoms with Gasteiger partial charge in [-0.3, -0.25) is 14.6 Å². The van der Waals surface area contributed by atoms with Crippen LogP contribution in [0.3, 0.4) is 0 Å². The SMILES string of the molecule is NC(=O)c1cccc([C@@H](Oc2ccc3c(c2)OCCC3=O)c2ccncc2)c1. The molecule has 0 fully saturated rings. The van der Waals surface area contributed by atoms with Gasteiger partial charge in [-0.1, -0.05) is 12.1 Å². The van der Waals surface area contributed by atoms with Crippen LogP contribution < -0.4 is 15.2 Å². The van der Waals surface area contributed by atoms with Crippen molar-refractivity contribution in [3.05, 3.63) is 89.2 Å². The van der Waals surface area contributed by atoms with Crippen LogP contribution in [-0.4, -0.2) is 23.3 Å². The van der Waals surface area contributed by atoms with Gasteiger partial charge in [0.2, 0.25) is 5.91 Å². The number of nitrogens with two attached hydrogens (primary N) is 1. The van der Waals surface area contributed by atoms with E-state index in [1.165, 1.54) is 0 Å². The average Bonchev–Trinajstić information content (AvgIpc) is 2.73. The minimum absolute atomic E-state index is 0.0626. The zero-order valence-corrected chi connectivity index (χ0v) is 15.0. The Balaban J connectivity index is 1.72. The van der Waals surface area contributed by atoms with Gasteiger partial charge >= 0.3 is 0 Å². The van der Waals surface area contributed by atoms with Crippen molar-refractivity contribution in [3.63, 3.8) is 0 Å². The summed E-state index contributed by atoms with van der Waals surface area (Å²) in [6.45, 7) is 0.365. The topological polar surface area (TPSA) is 91.5 Å². The molecule has 2 heterocycles. The maximum atomic E-state index is 12.0. The first-order valence-electron chi connectivity index (χ1n) is 8.88.